The molecule has 9 nitrogen and oxygen atoms in total. The molecule has 9 heteroatoms. The van der Waals surface area contributed by atoms with Crippen LogP contribution in [0.15, 0.2) is 53.6 Å². The van der Waals surface area contributed by atoms with E-state index in [-0.39, 0.29) is 22.5 Å². The van der Waals surface area contributed by atoms with E-state index in [0.717, 1.165) is 12.3 Å². The van der Waals surface area contributed by atoms with Crippen molar-refractivity contribution in [3.8, 4) is 0 Å². The van der Waals surface area contributed by atoms with Gasteiger partial charge in [-0.15, -0.1) is 0 Å². The predicted molar refractivity (Wildman–Crippen MR) is 81.3 cm³/mol. The maximum Gasteiger partial charge on any atom is 0.278 e. The summed E-state index contributed by atoms with van der Waals surface area (Å²) < 4.78 is 0. The molecule has 0 aliphatic rings. The summed E-state index contributed by atoms with van der Waals surface area (Å²) in [4.78, 5) is 32.2. The molecule has 0 unspecified atom stereocenters. The minimum Gasteiger partial charge on any atom is -0.267 e. The highest BCUT2D eigenvalue weighted by atomic mass is 16.6. The van der Waals surface area contributed by atoms with Gasteiger partial charge in [-0.25, -0.2) is 5.43 Å². The van der Waals surface area contributed by atoms with E-state index in [1.165, 1.54) is 36.4 Å². The number of carbonyl (C=O) groups is 1. The smallest absolute Gasteiger partial charge is 0.267 e. The Morgan fingerprint density at radius 1 is 1.04 bits per heavy atom. The van der Waals surface area contributed by atoms with Gasteiger partial charge in [0.1, 0.15) is 0 Å². The van der Waals surface area contributed by atoms with E-state index in [1.807, 2.05) is 0 Å². The van der Waals surface area contributed by atoms with Crippen LogP contribution in [-0.2, 0) is 0 Å². The fourth-order valence-electron chi connectivity index (χ4n) is 1.75. The monoisotopic (exact) mass is 314 g/mol. The summed E-state index contributed by atoms with van der Waals surface area (Å²) >= 11 is 0. The molecule has 1 amide bonds. The van der Waals surface area contributed by atoms with Crippen molar-refractivity contribution in [1.29, 1.82) is 0 Å². The molecule has 0 spiro atoms. The highest BCUT2D eigenvalue weighted by molar-refractivity contribution is 5.95. The Bertz CT molecular complexity index is 803. The average molecular weight is 314 g/mol. The number of carbonyl (C=O) groups excluding carboxylic acids is 1. The van der Waals surface area contributed by atoms with Gasteiger partial charge in [0.25, 0.3) is 17.3 Å². The van der Waals surface area contributed by atoms with E-state index in [4.69, 9.17) is 0 Å². The number of para-hydroxylation sites is 1. The predicted octanol–water partition coefficient (Wildman–Crippen LogP) is 2.27. The average Bonchev–Trinajstić information content (AvgIpc) is 2.55. The lowest BCUT2D eigenvalue weighted by molar-refractivity contribution is -0.385. The molecule has 0 saturated heterocycles. The fourth-order valence-corrected chi connectivity index (χ4v) is 1.75. The van der Waals surface area contributed by atoms with Crippen LogP contribution < -0.4 is 5.43 Å². The first-order valence-corrected chi connectivity index (χ1v) is 6.30. The number of rotatable bonds is 5. The van der Waals surface area contributed by atoms with Crippen LogP contribution in [0.25, 0.3) is 0 Å². The second-order valence-corrected chi connectivity index (χ2v) is 4.32. The highest BCUT2D eigenvalue weighted by Crippen LogP contribution is 2.15. The molecule has 0 aliphatic carbocycles. The number of hydrazone groups is 1. The van der Waals surface area contributed by atoms with Crippen LogP contribution in [-0.4, -0.2) is 22.0 Å². The molecule has 0 heterocycles. The lowest BCUT2D eigenvalue weighted by atomic mass is 10.2. The second-order valence-electron chi connectivity index (χ2n) is 4.32. The Kier molecular flexibility index (Phi) is 4.72. The number of amides is 1. The maximum atomic E-state index is 11.8. The van der Waals surface area contributed by atoms with E-state index in [0.29, 0.717) is 0 Å². The van der Waals surface area contributed by atoms with Gasteiger partial charge in [-0.05, 0) is 12.1 Å². The number of nitrogens with one attached hydrogen (secondary N) is 1. The topological polar surface area (TPSA) is 128 Å². The minimum absolute atomic E-state index is 0.0545. The molecule has 1 N–H and O–H groups in total. The Morgan fingerprint density at radius 2 is 1.78 bits per heavy atom. The first kappa shape index (κ1) is 15.8. The van der Waals surface area contributed by atoms with E-state index >= 15 is 0 Å². The summed E-state index contributed by atoms with van der Waals surface area (Å²) in [5.41, 5.74) is 2.06. The van der Waals surface area contributed by atoms with Crippen molar-refractivity contribution in [2.45, 2.75) is 0 Å². The number of nitrogens with zero attached hydrogens (tertiary/aromatic N) is 3. The first-order chi connectivity index (χ1) is 11.0. The van der Waals surface area contributed by atoms with Crippen molar-refractivity contribution in [2.75, 3.05) is 0 Å². The van der Waals surface area contributed by atoms with Crippen LogP contribution in [0.1, 0.15) is 15.9 Å². The Hall–Kier alpha value is -3.62. The first-order valence-electron chi connectivity index (χ1n) is 6.30. The Morgan fingerprint density at radius 3 is 2.48 bits per heavy atom. The van der Waals surface area contributed by atoms with Gasteiger partial charge in [0, 0.05) is 23.8 Å². The molecular formula is C14H10N4O5. The van der Waals surface area contributed by atoms with Crippen molar-refractivity contribution in [3.63, 3.8) is 0 Å². The molecule has 0 bridgehead atoms. The van der Waals surface area contributed by atoms with Gasteiger partial charge >= 0.3 is 0 Å². The molecule has 0 radical (unpaired) electrons. The molecule has 0 saturated carbocycles. The number of benzene rings is 2. The minimum atomic E-state index is -0.663. The summed E-state index contributed by atoms with van der Waals surface area (Å²) in [5, 5.41) is 25.1. The van der Waals surface area contributed by atoms with E-state index < -0.39 is 15.8 Å². The molecule has 23 heavy (non-hydrogen) atoms. The molecular weight excluding hydrogens is 304 g/mol. The molecule has 2 aromatic carbocycles. The van der Waals surface area contributed by atoms with Crippen molar-refractivity contribution < 1.29 is 14.6 Å². The summed E-state index contributed by atoms with van der Waals surface area (Å²) in [6, 6.07) is 11.0. The SMILES string of the molecule is O=C(NN=Cc1ccccc1[N+](=O)[O-])c1cccc([N+](=O)[O-])c1. The summed E-state index contributed by atoms with van der Waals surface area (Å²) in [7, 11) is 0. The van der Waals surface area contributed by atoms with Crippen LogP contribution >= 0.6 is 0 Å². The number of hydrogen-bond donors (Lipinski definition) is 1. The lowest BCUT2D eigenvalue weighted by Gasteiger charge is -2.00. The van der Waals surface area contributed by atoms with E-state index in [9.17, 15) is 25.0 Å². The number of nitro benzene ring substituents is 2. The van der Waals surface area contributed by atoms with Crippen LogP contribution in [0, 0.1) is 20.2 Å². The fraction of sp³-hybridized carbons (Fsp3) is 0. The van der Waals surface area contributed by atoms with Gasteiger partial charge in [-0.3, -0.25) is 25.0 Å². The molecule has 2 rings (SSSR count). The molecule has 0 fully saturated rings. The largest absolute Gasteiger partial charge is 0.278 e. The van der Waals surface area contributed by atoms with E-state index in [1.54, 1.807) is 6.07 Å². The maximum absolute atomic E-state index is 11.8. The molecule has 0 aromatic heterocycles. The van der Waals surface area contributed by atoms with Gasteiger partial charge in [0.2, 0.25) is 0 Å². The van der Waals surface area contributed by atoms with Crippen LogP contribution in [0.5, 0.6) is 0 Å². The molecule has 0 aliphatic heterocycles. The normalized spacial score (nSPS) is 10.4. The third kappa shape index (κ3) is 3.94. The second kappa shape index (κ2) is 6.89. The van der Waals surface area contributed by atoms with Gasteiger partial charge in [-0.1, -0.05) is 18.2 Å². The van der Waals surface area contributed by atoms with Gasteiger partial charge in [0.05, 0.1) is 21.6 Å². The lowest BCUT2D eigenvalue weighted by Crippen LogP contribution is -2.17. The summed E-state index contributed by atoms with van der Waals surface area (Å²) in [6.45, 7) is 0. The van der Waals surface area contributed by atoms with Crippen molar-refractivity contribution in [2.24, 2.45) is 5.10 Å². The van der Waals surface area contributed by atoms with Crippen LogP contribution in [0.2, 0.25) is 0 Å². The Balaban J connectivity index is 2.12. The highest BCUT2D eigenvalue weighted by Gasteiger charge is 2.12. The third-order valence-electron chi connectivity index (χ3n) is 2.82. The Labute approximate surface area is 129 Å². The van der Waals surface area contributed by atoms with Gasteiger partial charge < -0.3 is 0 Å². The molecule has 116 valence electrons. The van der Waals surface area contributed by atoms with E-state index in [2.05, 4.69) is 10.5 Å². The number of non-ortho nitro benzene ring substituents is 1. The van der Waals surface area contributed by atoms with Crippen LogP contribution in [0.4, 0.5) is 11.4 Å². The quantitative estimate of drug-likeness (QED) is 0.514. The van der Waals surface area contributed by atoms with Crippen molar-refractivity contribution in [1.82, 2.24) is 5.43 Å². The zero-order chi connectivity index (χ0) is 16.8. The van der Waals surface area contributed by atoms with Crippen LogP contribution in [0.3, 0.4) is 0 Å². The third-order valence-corrected chi connectivity index (χ3v) is 2.82. The number of hydrogen-bond acceptors (Lipinski definition) is 6. The zero-order valence-electron chi connectivity index (χ0n) is 11.6. The number of nitro groups is 2. The summed E-state index contributed by atoms with van der Waals surface area (Å²) in [5.74, 6) is -0.663. The standard InChI is InChI=1S/C14H10N4O5/c19-14(10-5-3-6-12(8-10)17(20)21)16-15-9-11-4-1-2-7-13(11)18(22)23/h1-9H,(H,16,19). The molecule has 0 atom stereocenters. The molecule has 2 aromatic rings. The summed E-state index contributed by atoms with van der Waals surface area (Å²) in [6.07, 6.45) is 1.13. The van der Waals surface area contributed by atoms with Crippen molar-refractivity contribution >= 4 is 23.5 Å². The van der Waals surface area contributed by atoms with Crippen molar-refractivity contribution in [3.05, 3.63) is 79.9 Å². The van der Waals surface area contributed by atoms with Gasteiger partial charge in [-0.2, -0.15) is 5.10 Å². The zero-order valence-corrected chi connectivity index (χ0v) is 11.6. The van der Waals surface area contributed by atoms with Gasteiger partial charge in [0.15, 0.2) is 0 Å².